The molecule has 1 heterocycles. The van der Waals surface area contributed by atoms with E-state index in [1.54, 1.807) is 0 Å². The SMILES string of the molecule is O=S(=O)(Cl)Cc1c(O)ccc2c1OCO2. The number of phenols is 1. The van der Waals surface area contributed by atoms with E-state index in [2.05, 4.69) is 0 Å². The second-order valence-electron chi connectivity index (χ2n) is 2.98. The zero-order valence-electron chi connectivity index (χ0n) is 7.44. The van der Waals surface area contributed by atoms with Gasteiger partial charge in [0.1, 0.15) is 5.75 Å². The zero-order valence-corrected chi connectivity index (χ0v) is 9.01. The maximum atomic E-state index is 10.9. The van der Waals surface area contributed by atoms with E-state index in [0.29, 0.717) is 5.75 Å². The van der Waals surface area contributed by atoms with Crippen molar-refractivity contribution in [3.63, 3.8) is 0 Å². The van der Waals surface area contributed by atoms with Crippen molar-refractivity contribution in [3.05, 3.63) is 17.7 Å². The van der Waals surface area contributed by atoms with E-state index in [0.717, 1.165) is 0 Å². The lowest BCUT2D eigenvalue weighted by Crippen LogP contribution is -1.98. The van der Waals surface area contributed by atoms with Crippen molar-refractivity contribution in [1.29, 1.82) is 0 Å². The molecule has 5 nitrogen and oxygen atoms in total. The molecule has 82 valence electrons. The number of fused-ring (bicyclic) bond motifs is 1. The summed E-state index contributed by atoms with van der Waals surface area (Å²) >= 11 is 0. The summed E-state index contributed by atoms with van der Waals surface area (Å²) in [7, 11) is 1.36. The van der Waals surface area contributed by atoms with Gasteiger partial charge in [0.15, 0.2) is 11.5 Å². The van der Waals surface area contributed by atoms with Gasteiger partial charge in [0.25, 0.3) is 0 Å². The van der Waals surface area contributed by atoms with Crippen LogP contribution in [0.15, 0.2) is 12.1 Å². The highest BCUT2D eigenvalue weighted by atomic mass is 35.7. The largest absolute Gasteiger partial charge is 0.507 e. The van der Waals surface area contributed by atoms with Crippen LogP contribution in [0.2, 0.25) is 0 Å². The zero-order chi connectivity index (χ0) is 11.1. The minimum atomic E-state index is -3.74. The van der Waals surface area contributed by atoms with E-state index >= 15 is 0 Å². The van der Waals surface area contributed by atoms with Gasteiger partial charge >= 0.3 is 0 Å². The highest BCUT2D eigenvalue weighted by Crippen LogP contribution is 2.41. The monoisotopic (exact) mass is 250 g/mol. The van der Waals surface area contributed by atoms with E-state index in [1.807, 2.05) is 0 Å². The summed E-state index contributed by atoms with van der Waals surface area (Å²) in [5.41, 5.74) is 0.125. The average molecular weight is 251 g/mol. The number of benzene rings is 1. The molecule has 0 saturated carbocycles. The molecule has 1 aromatic rings. The van der Waals surface area contributed by atoms with Gasteiger partial charge in [-0.2, -0.15) is 0 Å². The maximum Gasteiger partial charge on any atom is 0.237 e. The van der Waals surface area contributed by atoms with Gasteiger partial charge in [0, 0.05) is 10.7 Å². The summed E-state index contributed by atoms with van der Waals surface area (Å²) < 4.78 is 31.9. The van der Waals surface area contributed by atoms with E-state index in [9.17, 15) is 13.5 Å². The number of hydrogen-bond donors (Lipinski definition) is 1. The summed E-state index contributed by atoms with van der Waals surface area (Å²) in [6.07, 6.45) is 0. The highest BCUT2D eigenvalue weighted by Gasteiger charge is 2.24. The van der Waals surface area contributed by atoms with E-state index in [1.165, 1.54) is 12.1 Å². The van der Waals surface area contributed by atoms with Crippen LogP contribution in [0.4, 0.5) is 0 Å². The maximum absolute atomic E-state index is 10.9. The molecule has 0 radical (unpaired) electrons. The van der Waals surface area contributed by atoms with Crippen LogP contribution in [0.1, 0.15) is 5.56 Å². The first-order chi connectivity index (χ1) is 6.97. The van der Waals surface area contributed by atoms with Crippen molar-refractivity contribution < 1.29 is 23.0 Å². The minimum Gasteiger partial charge on any atom is -0.507 e. The second-order valence-corrected chi connectivity index (χ2v) is 5.76. The van der Waals surface area contributed by atoms with Gasteiger partial charge in [0.2, 0.25) is 15.8 Å². The van der Waals surface area contributed by atoms with Crippen LogP contribution >= 0.6 is 10.7 Å². The molecule has 7 heteroatoms. The fourth-order valence-corrected chi connectivity index (χ4v) is 2.28. The smallest absolute Gasteiger partial charge is 0.237 e. The van der Waals surface area contributed by atoms with Crippen LogP contribution in [-0.4, -0.2) is 20.3 Å². The Morgan fingerprint density at radius 3 is 2.80 bits per heavy atom. The lowest BCUT2D eigenvalue weighted by Gasteiger charge is -2.05. The summed E-state index contributed by atoms with van der Waals surface area (Å²) in [5.74, 6) is -0.0294. The predicted molar refractivity (Wildman–Crippen MR) is 52.7 cm³/mol. The Bertz CT molecular complexity index is 496. The predicted octanol–water partition coefficient (Wildman–Crippen LogP) is 1.19. The molecule has 1 aromatic carbocycles. The van der Waals surface area contributed by atoms with E-state index < -0.39 is 14.8 Å². The molecular weight excluding hydrogens is 244 g/mol. The van der Waals surface area contributed by atoms with Gasteiger partial charge in [-0.05, 0) is 12.1 Å². The number of halogens is 1. The molecule has 2 rings (SSSR count). The molecule has 1 aliphatic rings. The molecule has 1 aliphatic heterocycles. The third kappa shape index (κ3) is 2.10. The van der Waals surface area contributed by atoms with E-state index in [-0.39, 0.29) is 23.9 Å². The second kappa shape index (κ2) is 3.46. The lowest BCUT2D eigenvalue weighted by molar-refractivity contribution is 0.173. The average Bonchev–Trinajstić information content (AvgIpc) is 2.56. The van der Waals surface area contributed by atoms with Crippen LogP contribution in [-0.2, 0) is 14.8 Å². The Labute approximate surface area is 90.6 Å². The van der Waals surface area contributed by atoms with Crippen LogP contribution in [0, 0.1) is 0 Å². The Balaban J connectivity index is 2.50. The molecule has 0 bridgehead atoms. The van der Waals surface area contributed by atoms with Gasteiger partial charge in [0.05, 0.1) is 11.3 Å². The van der Waals surface area contributed by atoms with Crippen molar-refractivity contribution in [2.45, 2.75) is 5.75 Å². The standard InChI is InChI=1S/C8H7ClO5S/c9-15(11,12)3-5-6(10)1-2-7-8(5)14-4-13-7/h1-2,10H,3-4H2. The molecule has 0 saturated heterocycles. The Kier molecular flexibility index (Phi) is 2.40. The molecule has 0 atom stereocenters. The third-order valence-electron chi connectivity index (χ3n) is 1.93. The van der Waals surface area contributed by atoms with E-state index in [4.69, 9.17) is 20.2 Å². The van der Waals surface area contributed by atoms with Crippen LogP contribution in [0.25, 0.3) is 0 Å². The Morgan fingerprint density at radius 1 is 1.40 bits per heavy atom. The molecule has 15 heavy (non-hydrogen) atoms. The first-order valence-corrected chi connectivity index (χ1v) is 6.48. The van der Waals surface area contributed by atoms with Gasteiger partial charge in [-0.1, -0.05) is 0 Å². The van der Waals surface area contributed by atoms with Crippen molar-refractivity contribution in [3.8, 4) is 17.2 Å². The van der Waals surface area contributed by atoms with Crippen LogP contribution < -0.4 is 9.47 Å². The fraction of sp³-hybridized carbons (Fsp3) is 0.250. The molecule has 0 amide bonds. The first kappa shape index (κ1) is 10.4. The van der Waals surface area contributed by atoms with Crippen molar-refractivity contribution in [2.24, 2.45) is 0 Å². The van der Waals surface area contributed by atoms with Crippen LogP contribution in [0.5, 0.6) is 17.2 Å². The summed E-state index contributed by atoms with van der Waals surface area (Å²) in [5, 5.41) is 9.48. The van der Waals surface area contributed by atoms with Crippen molar-refractivity contribution in [2.75, 3.05) is 6.79 Å². The normalized spacial score (nSPS) is 14.2. The van der Waals surface area contributed by atoms with Gasteiger partial charge in [-0.25, -0.2) is 8.42 Å². The number of ether oxygens (including phenoxy) is 2. The molecule has 0 aliphatic carbocycles. The van der Waals surface area contributed by atoms with Gasteiger partial charge < -0.3 is 14.6 Å². The summed E-state index contributed by atoms with van der Waals surface area (Å²) in [6, 6.07) is 2.84. The molecule has 0 aromatic heterocycles. The lowest BCUT2D eigenvalue weighted by atomic mass is 10.2. The van der Waals surface area contributed by atoms with Crippen molar-refractivity contribution >= 4 is 19.7 Å². The summed E-state index contributed by atoms with van der Waals surface area (Å²) in [6.45, 7) is 0.00806. The summed E-state index contributed by atoms with van der Waals surface area (Å²) in [4.78, 5) is 0. The Hall–Kier alpha value is -1.14. The molecular formula is C8H7ClO5S. The van der Waals surface area contributed by atoms with Gasteiger partial charge in [-0.15, -0.1) is 0 Å². The topological polar surface area (TPSA) is 72.8 Å². The fourth-order valence-electron chi connectivity index (χ4n) is 1.33. The molecule has 0 fully saturated rings. The number of aromatic hydroxyl groups is 1. The van der Waals surface area contributed by atoms with Gasteiger partial charge in [-0.3, -0.25) is 0 Å². The molecule has 0 spiro atoms. The van der Waals surface area contributed by atoms with Crippen molar-refractivity contribution in [1.82, 2.24) is 0 Å². The molecule has 0 unspecified atom stereocenters. The third-order valence-corrected chi connectivity index (χ3v) is 2.89. The van der Waals surface area contributed by atoms with Crippen LogP contribution in [0.3, 0.4) is 0 Å². The number of hydrogen-bond acceptors (Lipinski definition) is 5. The number of phenolic OH excluding ortho intramolecular Hbond substituents is 1. The number of rotatable bonds is 2. The highest BCUT2D eigenvalue weighted by molar-refractivity contribution is 8.13. The quantitative estimate of drug-likeness (QED) is 0.798. The Morgan fingerprint density at radius 2 is 2.13 bits per heavy atom. The first-order valence-electron chi connectivity index (χ1n) is 4.00. The minimum absolute atomic E-state index is 0.00806. The molecule has 1 N–H and O–H groups in total.